The highest BCUT2D eigenvalue weighted by molar-refractivity contribution is 6.17. The van der Waals surface area contributed by atoms with Crippen molar-refractivity contribution in [2.75, 3.05) is 19.0 Å². The molecule has 0 amide bonds. The topological polar surface area (TPSA) is 12.0 Å². The number of alkyl halides is 1. The van der Waals surface area contributed by atoms with Gasteiger partial charge in [0.05, 0.1) is 0 Å². The summed E-state index contributed by atoms with van der Waals surface area (Å²) >= 11 is 5.72. The molecule has 82 valence electrons. The quantitative estimate of drug-likeness (QED) is 0.778. The van der Waals surface area contributed by atoms with Crippen molar-refractivity contribution in [1.82, 2.24) is 5.32 Å². The van der Waals surface area contributed by atoms with Crippen molar-refractivity contribution in [3.8, 4) is 0 Å². The molecule has 2 rings (SSSR count). The van der Waals surface area contributed by atoms with Gasteiger partial charge in [0.1, 0.15) is 0 Å². The van der Waals surface area contributed by atoms with Gasteiger partial charge in [-0.1, -0.05) is 24.3 Å². The van der Waals surface area contributed by atoms with Gasteiger partial charge < -0.3 is 5.32 Å². The molecule has 1 N–H and O–H groups in total. The number of halogens is 1. The molecule has 0 saturated carbocycles. The molecule has 1 aromatic rings. The maximum atomic E-state index is 5.72. The van der Waals surface area contributed by atoms with Crippen LogP contribution in [0.25, 0.3) is 0 Å². The second kappa shape index (κ2) is 5.53. The minimum Gasteiger partial charge on any atom is -0.317 e. The van der Waals surface area contributed by atoms with Crippen LogP contribution in [0.2, 0.25) is 0 Å². The standard InChI is InChI=1S/C13H18ClN/c14-8-5-11-1-3-12(4-2-11)13-6-9-15-10-7-13/h1-4,13,15H,5-10H2. The SMILES string of the molecule is ClCCc1ccc(C2CCNCC2)cc1. The van der Waals surface area contributed by atoms with Crippen LogP contribution in [0.5, 0.6) is 0 Å². The molecular formula is C13H18ClN. The van der Waals surface area contributed by atoms with E-state index in [-0.39, 0.29) is 0 Å². The van der Waals surface area contributed by atoms with E-state index >= 15 is 0 Å². The molecule has 0 bridgehead atoms. The minimum absolute atomic E-state index is 0.715. The van der Waals surface area contributed by atoms with Gasteiger partial charge in [-0.2, -0.15) is 0 Å². The summed E-state index contributed by atoms with van der Waals surface area (Å²) in [5, 5.41) is 3.40. The lowest BCUT2D eigenvalue weighted by Gasteiger charge is -2.23. The normalized spacial score (nSPS) is 17.9. The van der Waals surface area contributed by atoms with Crippen LogP contribution >= 0.6 is 11.6 Å². The Morgan fingerprint density at radius 3 is 2.40 bits per heavy atom. The summed E-state index contributed by atoms with van der Waals surface area (Å²) in [6, 6.07) is 9.00. The zero-order valence-electron chi connectivity index (χ0n) is 9.01. The molecule has 1 aromatic carbocycles. The molecule has 2 heteroatoms. The molecule has 0 unspecified atom stereocenters. The lowest BCUT2D eigenvalue weighted by atomic mass is 9.90. The lowest BCUT2D eigenvalue weighted by Crippen LogP contribution is -2.26. The third kappa shape index (κ3) is 2.96. The largest absolute Gasteiger partial charge is 0.317 e. The van der Waals surface area contributed by atoms with Gasteiger partial charge in [0, 0.05) is 5.88 Å². The molecule has 0 spiro atoms. The fraction of sp³-hybridized carbons (Fsp3) is 0.538. The van der Waals surface area contributed by atoms with E-state index in [1.807, 2.05) is 0 Å². The van der Waals surface area contributed by atoms with Crippen molar-refractivity contribution in [1.29, 1.82) is 0 Å². The first-order valence-corrected chi connectivity index (χ1v) is 6.29. The third-order valence-electron chi connectivity index (χ3n) is 3.17. The van der Waals surface area contributed by atoms with Crippen LogP contribution in [-0.4, -0.2) is 19.0 Å². The Morgan fingerprint density at radius 1 is 1.13 bits per heavy atom. The van der Waals surface area contributed by atoms with Gasteiger partial charge in [0.15, 0.2) is 0 Å². The molecule has 0 aromatic heterocycles. The molecule has 15 heavy (non-hydrogen) atoms. The second-order valence-electron chi connectivity index (χ2n) is 4.20. The van der Waals surface area contributed by atoms with Crippen LogP contribution in [0.3, 0.4) is 0 Å². The molecule has 0 atom stereocenters. The molecule has 1 aliphatic heterocycles. The first-order valence-electron chi connectivity index (χ1n) is 5.75. The second-order valence-corrected chi connectivity index (χ2v) is 4.58. The first-order chi connectivity index (χ1) is 7.40. The van der Waals surface area contributed by atoms with Crippen LogP contribution in [0, 0.1) is 0 Å². The zero-order chi connectivity index (χ0) is 10.5. The van der Waals surface area contributed by atoms with E-state index in [0.717, 1.165) is 25.4 Å². The van der Waals surface area contributed by atoms with Crippen LogP contribution in [0.4, 0.5) is 0 Å². The molecule has 1 nitrogen and oxygen atoms in total. The van der Waals surface area contributed by atoms with Crippen molar-refractivity contribution >= 4 is 11.6 Å². The Kier molecular flexibility index (Phi) is 4.04. The highest BCUT2D eigenvalue weighted by atomic mass is 35.5. The van der Waals surface area contributed by atoms with Gasteiger partial charge in [-0.25, -0.2) is 0 Å². The van der Waals surface area contributed by atoms with E-state index in [1.165, 1.54) is 24.0 Å². The van der Waals surface area contributed by atoms with E-state index in [2.05, 4.69) is 29.6 Å². The summed E-state index contributed by atoms with van der Waals surface area (Å²) in [7, 11) is 0. The maximum absolute atomic E-state index is 5.72. The lowest BCUT2D eigenvalue weighted by molar-refractivity contribution is 0.460. The summed E-state index contributed by atoms with van der Waals surface area (Å²) in [6.07, 6.45) is 3.53. The molecule has 0 aliphatic carbocycles. The highest BCUT2D eigenvalue weighted by Crippen LogP contribution is 2.25. The first kappa shape index (κ1) is 11.0. The Bertz CT molecular complexity index is 288. The Balaban J connectivity index is 2.02. The van der Waals surface area contributed by atoms with Gasteiger partial charge in [-0.3, -0.25) is 0 Å². The van der Waals surface area contributed by atoms with Gasteiger partial charge in [-0.05, 0) is 49.4 Å². The van der Waals surface area contributed by atoms with Crippen LogP contribution < -0.4 is 5.32 Å². The van der Waals surface area contributed by atoms with Gasteiger partial charge in [0.2, 0.25) is 0 Å². The van der Waals surface area contributed by atoms with E-state index in [4.69, 9.17) is 11.6 Å². The molecular weight excluding hydrogens is 206 g/mol. The van der Waals surface area contributed by atoms with Gasteiger partial charge >= 0.3 is 0 Å². The average molecular weight is 224 g/mol. The van der Waals surface area contributed by atoms with Crippen molar-refractivity contribution in [2.45, 2.75) is 25.2 Å². The van der Waals surface area contributed by atoms with Crippen molar-refractivity contribution in [2.24, 2.45) is 0 Å². The average Bonchev–Trinajstić information content (AvgIpc) is 2.32. The number of hydrogen-bond donors (Lipinski definition) is 1. The number of benzene rings is 1. The number of hydrogen-bond acceptors (Lipinski definition) is 1. The number of aryl methyl sites for hydroxylation is 1. The molecule has 1 aliphatic rings. The minimum atomic E-state index is 0.715. The highest BCUT2D eigenvalue weighted by Gasteiger charge is 2.14. The number of rotatable bonds is 3. The predicted octanol–water partition coefficient (Wildman–Crippen LogP) is 2.93. The number of nitrogens with one attached hydrogen (secondary N) is 1. The van der Waals surface area contributed by atoms with Gasteiger partial charge in [-0.15, -0.1) is 11.6 Å². The summed E-state index contributed by atoms with van der Waals surface area (Å²) in [6.45, 7) is 2.32. The van der Waals surface area contributed by atoms with Crippen LogP contribution in [0.15, 0.2) is 24.3 Å². The van der Waals surface area contributed by atoms with E-state index < -0.39 is 0 Å². The predicted molar refractivity (Wildman–Crippen MR) is 65.7 cm³/mol. The van der Waals surface area contributed by atoms with E-state index in [9.17, 15) is 0 Å². The zero-order valence-corrected chi connectivity index (χ0v) is 9.76. The smallest absolute Gasteiger partial charge is 0.0263 e. The molecule has 1 saturated heterocycles. The van der Waals surface area contributed by atoms with Crippen LogP contribution in [-0.2, 0) is 6.42 Å². The summed E-state index contributed by atoms with van der Waals surface area (Å²) in [4.78, 5) is 0. The fourth-order valence-corrected chi connectivity index (χ4v) is 2.44. The summed E-state index contributed by atoms with van der Waals surface area (Å²) in [5.41, 5.74) is 2.84. The monoisotopic (exact) mass is 223 g/mol. The van der Waals surface area contributed by atoms with Crippen LogP contribution in [0.1, 0.15) is 29.9 Å². The molecule has 1 heterocycles. The molecule has 1 fully saturated rings. The Hall–Kier alpha value is -0.530. The Morgan fingerprint density at radius 2 is 1.80 bits per heavy atom. The van der Waals surface area contributed by atoms with Crippen molar-refractivity contribution in [3.05, 3.63) is 35.4 Å². The van der Waals surface area contributed by atoms with Crippen molar-refractivity contribution < 1.29 is 0 Å². The summed E-state index contributed by atoms with van der Waals surface area (Å²) in [5.74, 6) is 1.48. The van der Waals surface area contributed by atoms with Crippen molar-refractivity contribution in [3.63, 3.8) is 0 Å². The van der Waals surface area contributed by atoms with E-state index in [1.54, 1.807) is 0 Å². The maximum Gasteiger partial charge on any atom is 0.0263 e. The number of piperidine rings is 1. The van der Waals surface area contributed by atoms with E-state index in [0.29, 0.717) is 5.88 Å². The molecule has 0 radical (unpaired) electrons. The fourth-order valence-electron chi connectivity index (χ4n) is 2.22. The third-order valence-corrected chi connectivity index (χ3v) is 3.36. The summed E-state index contributed by atoms with van der Waals surface area (Å²) < 4.78 is 0. The Labute approximate surface area is 96.8 Å². The van der Waals surface area contributed by atoms with Gasteiger partial charge in [0.25, 0.3) is 0 Å².